The van der Waals surface area contributed by atoms with Crippen LogP contribution in [0.15, 0.2) is 41.6 Å². The van der Waals surface area contributed by atoms with Crippen LogP contribution >= 0.6 is 0 Å². The molecule has 0 spiro atoms. The summed E-state index contributed by atoms with van der Waals surface area (Å²) in [7, 11) is 0. The second-order valence-corrected chi connectivity index (χ2v) is 6.97. The van der Waals surface area contributed by atoms with Gasteiger partial charge in [-0.1, -0.05) is 23.4 Å². The van der Waals surface area contributed by atoms with Gasteiger partial charge in [-0.05, 0) is 50.8 Å². The maximum Gasteiger partial charge on any atom is 0.342 e. The first kappa shape index (κ1) is 24.0. The zero-order valence-corrected chi connectivity index (χ0v) is 18.0. The fraction of sp³-hybridized carbons (Fsp3) is 0.435. The molecule has 0 saturated heterocycles. The van der Waals surface area contributed by atoms with Gasteiger partial charge in [-0.2, -0.15) is 0 Å². The Morgan fingerprint density at radius 2 is 1.84 bits per heavy atom. The lowest BCUT2D eigenvalue weighted by atomic mass is 10.00. The molecule has 0 radical (unpaired) electrons. The van der Waals surface area contributed by atoms with E-state index in [4.69, 9.17) is 9.57 Å². The van der Waals surface area contributed by atoms with Gasteiger partial charge in [0.25, 0.3) is 5.91 Å². The second kappa shape index (κ2) is 12.4. The summed E-state index contributed by atoms with van der Waals surface area (Å²) in [5, 5.41) is 24.2. The number of oxime groups is 1. The molecule has 1 amide bonds. The number of allylic oxidation sites excluding steroid dienone is 3. The number of phenolic OH excluding ortho intramolecular Hbond substituents is 2. The Hall–Kier alpha value is -3.29. The number of rotatable bonds is 5. The number of aromatic hydroxyl groups is 2. The highest BCUT2D eigenvalue weighted by atomic mass is 16.6. The van der Waals surface area contributed by atoms with Gasteiger partial charge >= 0.3 is 5.97 Å². The topological polar surface area (TPSA) is 109 Å². The lowest BCUT2D eigenvalue weighted by molar-refractivity contribution is -0.135. The third-order valence-electron chi connectivity index (χ3n) is 4.74. The minimum absolute atomic E-state index is 0.0286. The van der Waals surface area contributed by atoms with Crippen LogP contribution in [0.25, 0.3) is 0 Å². The van der Waals surface area contributed by atoms with Crippen molar-refractivity contribution in [1.29, 1.82) is 0 Å². The van der Waals surface area contributed by atoms with Crippen molar-refractivity contribution in [3.63, 3.8) is 0 Å². The van der Waals surface area contributed by atoms with Crippen molar-refractivity contribution in [2.75, 3.05) is 26.3 Å². The minimum Gasteiger partial charge on any atom is -0.508 e. The van der Waals surface area contributed by atoms with Gasteiger partial charge in [0.15, 0.2) is 6.61 Å². The number of carbonyl (C=O) groups is 2. The number of esters is 1. The van der Waals surface area contributed by atoms with E-state index in [0.29, 0.717) is 30.8 Å². The molecule has 2 rings (SSSR count). The average Bonchev–Trinajstić information content (AvgIpc) is 2.72. The van der Waals surface area contributed by atoms with Gasteiger partial charge in [0.05, 0.1) is 12.3 Å². The molecular formula is C23H30N2O6. The number of ether oxygens (including phenoxy) is 1. The normalized spacial score (nSPS) is 18.4. The van der Waals surface area contributed by atoms with Crippen molar-refractivity contribution >= 4 is 17.6 Å². The molecule has 1 aromatic rings. The van der Waals surface area contributed by atoms with E-state index in [1.807, 2.05) is 32.1 Å². The molecule has 0 unspecified atom stereocenters. The Morgan fingerprint density at radius 1 is 1.13 bits per heavy atom. The van der Waals surface area contributed by atoms with Gasteiger partial charge in [-0.3, -0.25) is 4.79 Å². The molecule has 1 aliphatic rings. The van der Waals surface area contributed by atoms with Crippen LogP contribution in [0.2, 0.25) is 0 Å². The van der Waals surface area contributed by atoms with Crippen LogP contribution < -0.4 is 0 Å². The highest BCUT2D eigenvalue weighted by molar-refractivity contribution is 6.00. The summed E-state index contributed by atoms with van der Waals surface area (Å²) < 4.78 is 5.26. The molecule has 0 aliphatic carbocycles. The molecule has 0 atom stereocenters. The molecule has 0 aromatic heterocycles. The van der Waals surface area contributed by atoms with E-state index >= 15 is 0 Å². The van der Waals surface area contributed by atoms with Crippen LogP contribution in [-0.4, -0.2) is 59.0 Å². The Kier molecular flexibility index (Phi) is 9.61. The number of hydrogen-bond acceptors (Lipinski definition) is 7. The van der Waals surface area contributed by atoms with Gasteiger partial charge < -0.3 is 24.7 Å². The molecule has 1 aliphatic heterocycles. The summed E-state index contributed by atoms with van der Waals surface area (Å²) in [6.07, 6.45) is 9.86. The molecule has 168 valence electrons. The highest BCUT2D eigenvalue weighted by Crippen LogP contribution is 2.29. The summed E-state index contributed by atoms with van der Waals surface area (Å²) in [5.74, 6) is -1.42. The van der Waals surface area contributed by atoms with E-state index in [-0.39, 0.29) is 42.6 Å². The van der Waals surface area contributed by atoms with E-state index in [0.717, 1.165) is 18.9 Å². The molecular weight excluding hydrogens is 400 g/mol. The van der Waals surface area contributed by atoms with Gasteiger partial charge in [0, 0.05) is 25.6 Å². The predicted octanol–water partition coefficient (Wildman–Crippen LogP) is 3.33. The summed E-state index contributed by atoms with van der Waals surface area (Å²) in [6, 6.07) is 2.47. The third kappa shape index (κ3) is 7.47. The first-order valence-corrected chi connectivity index (χ1v) is 10.5. The zero-order valence-electron chi connectivity index (χ0n) is 18.0. The Bertz CT molecular complexity index is 856. The quantitative estimate of drug-likeness (QED) is 0.421. The molecule has 0 saturated carbocycles. The van der Waals surface area contributed by atoms with E-state index in [1.54, 1.807) is 11.0 Å². The number of hydrogen-bond donors (Lipinski definition) is 2. The number of carbonyl (C=O) groups excluding carboxylic acids is 2. The molecule has 1 heterocycles. The van der Waals surface area contributed by atoms with Crippen LogP contribution in [0, 0.1) is 0 Å². The van der Waals surface area contributed by atoms with Crippen molar-refractivity contribution in [3.8, 4) is 11.5 Å². The first-order valence-electron chi connectivity index (χ1n) is 10.5. The average molecular weight is 431 g/mol. The van der Waals surface area contributed by atoms with Crippen molar-refractivity contribution < 1.29 is 29.4 Å². The number of fused-ring (bicyclic) bond motifs is 1. The number of likely N-dealkylation sites (N-methyl/N-ethyl adjacent to an activating group) is 1. The molecule has 0 bridgehead atoms. The van der Waals surface area contributed by atoms with Crippen molar-refractivity contribution in [1.82, 2.24) is 4.90 Å². The first-order chi connectivity index (χ1) is 15.0. The Balaban J connectivity index is 2.31. The molecule has 31 heavy (non-hydrogen) atoms. The number of amides is 1. The van der Waals surface area contributed by atoms with Gasteiger partial charge in [-0.25, -0.2) is 4.79 Å². The van der Waals surface area contributed by atoms with Crippen LogP contribution in [0.3, 0.4) is 0 Å². The Labute approximate surface area is 182 Å². The standard InChI is InChI=1S/C23H30N2O6/c1-3-25(4-2)21(28)16-31-24-18-11-9-7-5-6-8-10-12-30-23(29)22-17(13-18)14-19(26)15-20(22)27/h6,8-9,11,14-15,26-27H,3-5,7,10,12-13,16H2,1-2H3/b8-6+,11-9+,24-18-. The zero-order chi connectivity index (χ0) is 22.6. The molecule has 1 aromatic carbocycles. The predicted molar refractivity (Wildman–Crippen MR) is 117 cm³/mol. The van der Waals surface area contributed by atoms with Crippen LogP contribution in [-0.2, 0) is 20.8 Å². The van der Waals surface area contributed by atoms with E-state index in [2.05, 4.69) is 5.16 Å². The molecule has 0 fully saturated rings. The Morgan fingerprint density at radius 3 is 2.58 bits per heavy atom. The lowest BCUT2D eigenvalue weighted by Gasteiger charge is -2.17. The summed E-state index contributed by atoms with van der Waals surface area (Å²) in [6.45, 7) is 4.91. The largest absolute Gasteiger partial charge is 0.508 e. The summed E-state index contributed by atoms with van der Waals surface area (Å²) >= 11 is 0. The smallest absolute Gasteiger partial charge is 0.342 e. The molecule has 8 nitrogen and oxygen atoms in total. The van der Waals surface area contributed by atoms with Crippen molar-refractivity contribution in [2.24, 2.45) is 5.16 Å². The number of nitrogens with zero attached hydrogens (tertiary/aromatic N) is 2. The van der Waals surface area contributed by atoms with Gasteiger partial charge in [0.1, 0.15) is 17.1 Å². The number of phenols is 2. The van der Waals surface area contributed by atoms with Gasteiger partial charge in [-0.15, -0.1) is 0 Å². The fourth-order valence-corrected chi connectivity index (χ4v) is 3.14. The summed E-state index contributed by atoms with van der Waals surface area (Å²) in [4.78, 5) is 31.6. The lowest BCUT2D eigenvalue weighted by Crippen LogP contribution is -2.33. The second-order valence-electron chi connectivity index (χ2n) is 6.97. The maximum atomic E-state index is 12.5. The highest BCUT2D eigenvalue weighted by Gasteiger charge is 2.20. The van der Waals surface area contributed by atoms with Crippen LogP contribution in [0.4, 0.5) is 0 Å². The fourth-order valence-electron chi connectivity index (χ4n) is 3.14. The third-order valence-corrected chi connectivity index (χ3v) is 4.74. The maximum absolute atomic E-state index is 12.5. The van der Waals surface area contributed by atoms with E-state index in [9.17, 15) is 19.8 Å². The van der Waals surface area contributed by atoms with Crippen LogP contribution in [0.1, 0.15) is 49.0 Å². The van der Waals surface area contributed by atoms with E-state index in [1.165, 1.54) is 6.07 Å². The molecule has 8 heteroatoms. The number of benzene rings is 1. The minimum atomic E-state index is -0.682. The summed E-state index contributed by atoms with van der Waals surface area (Å²) in [5.41, 5.74) is 0.753. The monoisotopic (exact) mass is 430 g/mol. The van der Waals surface area contributed by atoms with Crippen LogP contribution in [0.5, 0.6) is 11.5 Å². The van der Waals surface area contributed by atoms with Crippen molar-refractivity contribution in [3.05, 3.63) is 47.6 Å². The molecule has 2 N–H and O–H groups in total. The SMILES string of the molecule is CCN(CC)C(=O)CO/N=C1/C=C/CC/C=C/CCOC(=O)c2c(O)cc(O)cc2C1. The number of cyclic esters (lactones) is 1. The van der Waals surface area contributed by atoms with Crippen molar-refractivity contribution in [2.45, 2.75) is 39.5 Å². The van der Waals surface area contributed by atoms with Gasteiger partial charge in [0.2, 0.25) is 0 Å². The van der Waals surface area contributed by atoms with E-state index < -0.39 is 5.97 Å².